The summed E-state index contributed by atoms with van der Waals surface area (Å²) in [6.45, 7) is 6.58. The number of rotatable bonds is 5. The van der Waals surface area contributed by atoms with Gasteiger partial charge in [0, 0.05) is 12.1 Å². The van der Waals surface area contributed by atoms with Gasteiger partial charge in [-0.3, -0.25) is 14.9 Å². The average Bonchev–Trinajstić information content (AvgIpc) is 2.43. The van der Waals surface area contributed by atoms with E-state index < -0.39 is 0 Å². The van der Waals surface area contributed by atoms with Crippen molar-refractivity contribution in [2.75, 3.05) is 5.32 Å². The third-order valence-electron chi connectivity index (χ3n) is 3.80. The molecule has 1 unspecified atom stereocenters. The number of anilines is 1. The van der Waals surface area contributed by atoms with Gasteiger partial charge in [-0.25, -0.2) is 0 Å². The molecule has 1 aromatic rings. The number of piperidine rings is 1. The van der Waals surface area contributed by atoms with Gasteiger partial charge in [-0.2, -0.15) is 0 Å². The first-order chi connectivity index (χ1) is 9.99. The van der Waals surface area contributed by atoms with Gasteiger partial charge in [-0.05, 0) is 48.4 Å². The molecule has 1 heterocycles. The first-order valence-electron chi connectivity index (χ1n) is 7.71. The molecule has 1 aliphatic heterocycles. The molecule has 1 saturated heterocycles. The molecule has 4 heteroatoms. The number of carbonyl (C=O) groups is 2. The SMILES string of the molecule is CCc1cc(NC2CCC(=O)NC2=O)ccc1CC(C)C. The van der Waals surface area contributed by atoms with Gasteiger partial charge in [-0.15, -0.1) is 0 Å². The van der Waals surface area contributed by atoms with Gasteiger partial charge in [0.15, 0.2) is 0 Å². The van der Waals surface area contributed by atoms with E-state index in [0.29, 0.717) is 18.8 Å². The zero-order valence-corrected chi connectivity index (χ0v) is 13.0. The van der Waals surface area contributed by atoms with Gasteiger partial charge >= 0.3 is 0 Å². The van der Waals surface area contributed by atoms with Crippen LogP contribution in [0.25, 0.3) is 0 Å². The van der Waals surface area contributed by atoms with Crippen molar-refractivity contribution in [3.63, 3.8) is 0 Å². The summed E-state index contributed by atoms with van der Waals surface area (Å²) in [4.78, 5) is 22.9. The van der Waals surface area contributed by atoms with Crippen molar-refractivity contribution in [2.45, 2.75) is 52.5 Å². The lowest BCUT2D eigenvalue weighted by molar-refractivity contribution is -0.133. The number of amides is 2. The summed E-state index contributed by atoms with van der Waals surface area (Å²) in [7, 11) is 0. The Labute approximate surface area is 126 Å². The highest BCUT2D eigenvalue weighted by Crippen LogP contribution is 2.21. The Balaban J connectivity index is 2.10. The lowest BCUT2D eigenvalue weighted by atomic mass is 9.96. The Bertz CT molecular complexity index is 538. The zero-order chi connectivity index (χ0) is 15.4. The number of imide groups is 1. The number of benzene rings is 1. The summed E-state index contributed by atoms with van der Waals surface area (Å²) >= 11 is 0. The summed E-state index contributed by atoms with van der Waals surface area (Å²) in [5, 5.41) is 5.62. The minimum absolute atomic E-state index is 0.181. The summed E-state index contributed by atoms with van der Waals surface area (Å²) in [6, 6.07) is 5.98. The third kappa shape index (κ3) is 4.06. The van der Waals surface area contributed by atoms with E-state index in [0.717, 1.165) is 18.5 Å². The largest absolute Gasteiger partial charge is 0.374 e. The van der Waals surface area contributed by atoms with Crippen molar-refractivity contribution in [3.05, 3.63) is 29.3 Å². The van der Waals surface area contributed by atoms with E-state index in [4.69, 9.17) is 0 Å². The van der Waals surface area contributed by atoms with E-state index >= 15 is 0 Å². The van der Waals surface area contributed by atoms with Crippen molar-refractivity contribution in [1.82, 2.24) is 5.32 Å². The van der Waals surface area contributed by atoms with Crippen molar-refractivity contribution >= 4 is 17.5 Å². The fraction of sp³-hybridized carbons (Fsp3) is 0.529. The van der Waals surface area contributed by atoms with E-state index in [1.807, 2.05) is 6.07 Å². The molecule has 1 aliphatic rings. The number of hydrogen-bond acceptors (Lipinski definition) is 3. The van der Waals surface area contributed by atoms with Crippen LogP contribution in [-0.2, 0) is 22.4 Å². The zero-order valence-electron chi connectivity index (χ0n) is 13.0. The molecule has 21 heavy (non-hydrogen) atoms. The van der Waals surface area contributed by atoms with Crippen LogP contribution in [-0.4, -0.2) is 17.9 Å². The number of carbonyl (C=O) groups excluding carboxylic acids is 2. The van der Waals surface area contributed by atoms with Crippen LogP contribution >= 0.6 is 0 Å². The Morgan fingerprint density at radius 2 is 2.05 bits per heavy atom. The van der Waals surface area contributed by atoms with Crippen LogP contribution in [0.4, 0.5) is 5.69 Å². The number of nitrogens with one attached hydrogen (secondary N) is 2. The van der Waals surface area contributed by atoms with Crippen molar-refractivity contribution in [2.24, 2.45) is 5.92 Å². The molecule has 4 nitrogen and oxygen atoms in total. The molecule has 1 aromatic carbocycles. The average molecular weight is 288 g/mol. The molecule has 0 bridgehead atoms. The highest BCUT2D eigenvalue weighted by atomic mass is 16.2. The number of aryl methyl sites for hydroxylation is 1. The van der Waals surface area contributed by atoms with Crippen molar-refractivity contribution in [3.8, 4) is 0 Å². The van der Waals surface area contributed by atoms with Gasteiger partial charge < -0.3 is 5.32 Å². The molecule has 1 atom stereocenters. The van der Waals surface area contributed by atoms with Crippen LogP contribution in [0.3, 0.4) is 0 Å². The van der Waals surface area contributed by atoms with E-state index in [1.165, 1.54) is 11.1 Å². The molecule has 2 rings (SSSR count). The highest BCUT2D eigenvalue weighted by molar-refractivity contribution is 6.01. The third-order valence-corrected chi connectivity index (χ3v) is 3.80. The second-order valence-electron chi connectivity index (χ2n) is 6.08. The minimum Gasteiger partial charge on any atom is -0.374 e. The molecule has 1 fully saturated rings. The first kappa shape index (κ1) is 15.5. The summed E-state index contributed by atoms with van der Waals surface area (Å²) in [5.41, 5.74) is 3.65. The molecule has 0 saturated carbocycles. The lowest BCUT2D eigenvalue weighted by Crippen LogP contribution is -2.47. The van der Waals surface area contributed by atoms with Gasteiger partial charge in [-0.1, -0.05) is 26.8 Å². The second-order valence-corrected chi connectivity index (χ2v) is 6.08. The van der Waals surface area contributed by atoms with E-state index in [9.17, 15) is 9.59 Å². The quantitative estimate of drug-likeness (QED) is 0.819. The van der Waals surface area contributed by atoms with Gasteiger partial charge in [0.05, 0.1) is 0 Å². The topological polar surface area (TPSA) is 58.2 Å². The monoisotopic (exact) mass is 288 g/mol. The molecule has 2 amide bonds. The molecule has 0 aromatic heterocycles. The Hall–Kier alpha value is -1.84. The van der Waals surface area contributed by atoms with Crippen LogP contribution in [0.15, 0.2) is 18.2 Å². The standard InChI is InChI=1S/C17H24N2O2/c1-4-12-10-14(6-5-13(12)9-11(2)3)18-15-7-8-16(20)19-17(15)21/h5-6,10-11,15,18H,4,7-9H2,1-3H3,(H,19,20,21). The first-order valence-corrected chi connectivity index (χ1v) is 7.71. The van der Waals surface area contributed by atoms with E-state index in [2.05, 4.69) is 43.5 Å². The van der Waals surface area contributed by atoms with Crippen molar-refractivity contribution in [1.29, 1.82) is 0 Å². The van der Waals surface area contributed by atoms with E-state index in [-0.39, 0.29) is 17.9 Å². The predicted molar refractivity (Wildman–Crippen MR) is 84.2 cm³/mol. The Morgan fingerprint density at radius 1 is 1.29 bits per heavy atom. The van der Waals surface area contributed by atoms with Gasteiger partial charge in [0.1, 0.15) is 6.04 Å². The fourth-order valence-electron chi connectivity index (χ4n) is 2.72. The molecule has 2 N–H and O–H groups in total. The number of hydrogen-bond donors (Lipinski definition) is 2. The predicted octanol–water partition coefficient (Wildman–Crippen LogP) is 2.66. The second kappa shape index (κ2) is 6.74. The normalized spacial score (nSPS) is 18.8. The Morgan fingerprint density at radius 3 is 2.67 bits per heavy atom. The van der Waals surface area contributed by atoms with Crippen LogP contribution < -0.4 is 10.6 Å². The molecule has 0 radical (unpaired) electrons. The minimum atomic E-state index is -0.316. The highest BCUT2D eigenvalue weighted by Gasteiger charge is 2.26. The van der Waals surface area contributed by atoms with Crippen LogP contribution in [0.2, 0.25) is 0 Å². The van der Waals surface area contributed by atoms with Crippen LogP contribution in [0, 0.1) is 5.92 Å². The lowest BCUT2D eigenvalue weighted by Gasteiger charge is -2.23. The molecular weight excluding hydrogens is 264 g/mol. The Kier molecular flexibility index (Phi) is 4.99. The molecule has 0 aliphatic carbocycles. The maximum absolute atomic E-state index is 11.8. The molecular formula is C17H24N2O2. The van der Waals surface area contributed by atoms with Gasteiger partial charge in [0.2, 0.25) is 11.8 Å². The van der Waals surface area contributed by atoms with Crippen LogP contribution in [0.1, 0.15) is 44.7 Å². The van der Waals surface area contributed by atoms with Gasteiger partial charge in [0.25, 0.3) is 0 Å². The maximum Gasteiger partial charge on any atom is 0.249 e. The summed E-state index contributed by atoms with van der Waals surface area (Å²) in [6.07, 6.45) is 3.00. The summed E-state index contributed by atoms with van der Waals surface area (Å²) in [5.74, 6) is 0.222. The molecule has 0 spiro atoms. The maximum atomic E-state index is 11.8. The molecule has 114 valence electrons. The fourth-order valence-corrected chi connectivity index (χ4v) is 2.72. The summed E-state index contributed by atoms with van der Waals surface area (Å²) < 4.78 is 0. The van der Waals surface area contributed by atoms with Crippen LogP contribution in [0.5, 0.6) is 0 Å². The van der Waals surface area contributed by atoms with E-state index in [1.54, 1.807) is 0 Å². The van der Waals surface area contributed by atoms with Crippen molar-refractivity contribution < 1.29 is 9.59 Å². The smallest absolute Gasteiger partial charge is 0.249 e.